The Bertz CT molecular complexity index is 368. The molecule has 2 aliphatic rings. The molecule has 0 aromatic heterocycles. The smallest absolute Gasteiger partial charge is 0.00683 e. The third-order valence-electron chi connectivity index (χ3n) is 4.69. The van der Waals surface area contributed by atoms with Crippen molar-refractivity contribution in [1.29, 1.82) is 0 Å². The van der Waals surface area contributed by atoms with Crippen molar-refractivity contribution >= 4 is 0 Å². The van der Waals surface area contributed by atoms with Gasteiger partial charge in [0, 0.05) is 6.04 Å². The second-order valence-electron chi connectivity index (χ2n) is 5.96. The zero-order chi connectivity index (χ0) is 11.7. The number of rotatable bonds is 6. The van der Waals surface area contributed by atoms with Crippen LogP contribution in [0, 0.1) is 11.3 Å². The number of benzene rings is 1. The third kappa shape index (κ3) is 2.55. The van der Waals surface area contributed by atoms with E-state index in [2.05, 4.69) is 42.6 Å². The van der Waals surface area contributed by atoms with Crippen LogP contribution in [0.25, 0.3) is 0 Å². The fourth-order valence-electron chi connectivity index (χ4n) is 3.09. The Balaban J connectivity index is 1.56. The maximum Gasteiger partial charge on any atom is 0.00683 e. The van der Waals surface area contributed by atoms with Gasteiger partial charge in [0.15, 0.2) is 0 Å². The molecule has 2 aliphatic carbocycles. The maximum atomic E-state index is 3.69. The molecule has 92 valence electrons. The van der Waals surface area contributed by atoms with Crippen molar-refractivity contribution in [3.63, 3.8) is 0 Å². The van der Waals surface area contributed by atoms with Gasteiger partial charge in [-0.05, 0) is 55.5 Å². The predicted octanol–water partition coefficient (Wildman–Crippen LogP) is 3.40. The highest BCUT2D eigenvalue weighted by atomic mass is 15.0. The summed E-state index contributed by atoms with van der Waals surface area (Å²) in [6, 6.07) is 11.9. The summed E-state index contributed by atoms with van der Waals surface area (Å²) in [7, 11) is 0. The molecule has 0 saturated heterocycles. The molecule has 2 unspecified atom stereocenters. The summed E-state index contributed by atoms with van der Waals surface area (Å²) >= 11 is 0. The van der Waals surface area contributed by atoms with Crippen molar-refractivity contribution in [1.82, 2.24) is 5.32 Å². The molecular weight excluding hydrogens is 206 g/mol. The topological polar surface area (TPSA) is 12.0 Å². The van der Waals surface area contributed by atoms with Crippen LogP contribution >= 0.6 is 0 Å². The number of hydrogen-bond donors (Lipinski definition) is 1. The Kier molecular flexibility index (Phi) is 2.96. The van der Waals surface area contributed by atoms with Gasteiger partial charge in [0.25, 0.3) is 0 Å². The van der Waals surface area contributed by atoms with Gasteiger partial charge in [0.2, 0.25) is 0 Å². The van der Waals surface area contributed by atoms with Crippen LogP contribution in [0.15, 0.2) is 30.3 Å². The second-order valence-corrected chi connectivity index (χ2v) is 5.96. The highest BCUT2D eigenvalue weighted by Crippen LogP contribution is 2.57. The van der Waals surface area contributed by atoms with Crippen molar-refractivity contribution in [2.75, 3.05) is 6.54 Å². The van der Waals surface area contributed by atoms with Crippen LogP contribution in [-0.4, -0.2) is 12.6 Å². The summed E-state index contributed by atoms with van der Waals surface area (Å²) in [6.07, 6.45) is 6.85. The van der Waals surface area contributed by atoms with E-state index in [1.54, 1.807) is 0 Å². The first-order valence-electron chi connectivity index (χ1n) is 7.10. The standard InChI is InChI=1S/C16H23N/c1-2-16(10-13-6-4-3-5-7-13)11-14(16)12-17-15-8-9-15/h3-7,14-15,17H,2,8-12H2,1H3. The number of nitrogens with one attached hydrogen (secondary N) is 1. The van der Waals surface area contributed by atoms with Crippen LogP contribution in [0.2, 0.25) is 0 Å². The highest BCUT2D eigenvalue weighted by Gasteiger charge is 2.51. The molecule has 1 N–H and O–H groups in total. The van der Waals surface area contributed by atoms with Gasteiger partial charge in [0.05, 0.1) is 0 Å². The van der Waals surface area contributed by atoms with E-state index in [1.165, 1.54) is 44.2 Å². The Labute approximate surface area is 105 Å². The molecule has 17 heavy (non-hydrogen) atoms. The molecule has 2 fully saturated rings. The molecule has 3 rings (SSSR count). The highest BCUT2D eigenvalue weighted by molar-refractivity contribution is 5.20. The lowest BCUT2D eigenvalue weighted by Crippen LogP contribution is -2.22. The van der Waals surface area contributed by atoms with Gasteiger partial charge >= 0.3 is 0 Å². The molecule has 2 saturated carbocycles. The monoisotopic (exact) mass is 229 g/mol. The van der Waals surface area contributed by atoms with Crippen molar-refractivity contribution < 1.29 is 0 Å². The summed E-state index contributed by atoms with van der Waals surface area (Å²) in [6.45, 7) is 3.62. The van der Waals surface area contributed by atoms with E-state index in [0.29, 0.717) is 5.41 Å². The van der Waals surface area contributed by atoms with Gasteiger partial charge < -0.3 is 5.32 Å². The molecule has 1 aromatic carbocycles. The van der Waals surface area contributed by atoms with Gasteiger partial charge in [-0.25, -0.2) is 0 Å². The van der Waals surface area contributed by atoms with Crippen molar-refractivity contribution in [2.45, 2.75) is 45.1 Å². The minimum Gasteiger partial charge on any atom is -0.314 e. The third-order valence-corrected chi connectivity index (χ3v) is 4.69. The first-order valence-corrected chi connectivity index (χ1v) is 7.10. The Morgan fingerprint density at radius 1 is 1.24 bits per heavy atom. The van der Waals surface area contributed by atoms with Gasteiger partial charge in [-0.1, -0.05) is 37.3 Å². The molecule has 0 heterocycles. The van der Waals surface area contributed by atoms with E-state index in [0.717, 1.165) is 12.0 Å². The summed E-state index contributed by atoms with van der Waals surface area (Å²) < 4.78 is 0. The zero-order valence-corrected chi connectivity index (χ0v) is 10.8. The van der Waals surface area contributed by atoms with Gasteiger partial charge in [-0.15, -0.1) is 0 Å². The molecule has 2 atom stereocenters. The summed E-state index contributed by atoms with van der Waals surface area (Å²) in [5.41, 5.74) is 2.13. The Morgan fingerprint density at radius 3 is 2.65 bits per heavy atom. The molecule has 0 amide bonds. The Morgan fingerprint density at radius 2 is 2.00 bits per heavy atom. The van der Waals surface area contributed by atoms with Crippen molar-refractivity contribution in [2.24, 2.45) is 11.3 Å². The molecule has 0 radical (unpaired) electrons. The van der Waals surface area contributed by atoms with E-state index in [-0.39, 0.29) is 0 Å². The van der Waals surface area contributed by atoms with Crippen LogP contribution < -0.4 is 5.32 Å². The number of hydrogen-bond acceptors (Lipinski definition) is 1. The molecule has 1 nitrogen and oxygen atoms in total. The van der Waals surface area contributed by atoms with E-state index >= 15 is 0 Å². The van der Waals surface area contributed by atoms with Crippen LogP contribution in [0.5, 0.6) is 0 Å². The first-order chi connectivity index (χ1) is 8.32. The maximum absolute atomic E-state index is 3.69. The van der Waals surface area contributed by atoms with Crippen LogP contribution in [0.3, 0.4) is 0 Å². The normalized spacial score (nSPS) is 31.5. The fourth-order valence-corrected chi connectivity index (χ4v) is 3.09. The van der Waals surface area contributed by atoms with Crippen LogP contribution in [-0.2, 0) is 6.42 Å². The van der Waals surface area contributed by atoms with Gasteiger partial charge in [-0.3, -0.25) is 0 Å². The molecular formula is C16H23N. The van der Waals surface area contributed by atoms with E-state index in [9.17, 15) is 0 Å². The quantitative estimate of drug-likeness (QED) is 0.788. The molecule has 1 heteroatoms. The largest absolute Gasteiger partial charge is 0.314 e. The first kappa shape index (κ1) is 11.3. The van der Waals surface area contributed by atoms with E-state index in [4.69, 9.17) is 0 Å². The van der Waals surface area contributed by atoms with Crippen molar-refractivity contribution in [3.8, 4) is 0 Å². The minimum absolute atomic E-state index is 0.614. The lowest BCUT2D eigenvalue weighted by Gasteiger charge is -2.15. The van der Waals surface area contributed by atoms with E-state index < -0.39 is 0 Å². The average molecular weight is 229 g/mol. The lowest BCUT2D eigenvalue weighted by molar-refractivity contribution is 0.420. The molecule has 0 spiro atoms. The second kappa shape index (κ2) is 4.45. The van der Waals surface area contributed by atoms with Crippen LogP contribution in [0.1, 0.15) is 38.2 Å². The summed E-state index contributed by atoms with van der Waals surface area (Å²) in [5.74, 6) is 0.924. The summed E-state index contributed by atoms with van der Waals surface area (Å²) in [4.78, 5) is 0. The Hall–Kier alpha value is -0.820. The SMILES string of the molecule is CCC1(Cc2ccccc2)CC1CNC1CC1. The van der Waals surface area contributed by atoms with Gasteiger partial charge in [-0.2, -0.15) is 0 Å². The predicted molar refractivity (Wildman–Crippen MR) is 72.0 cm³/mol. The van der Waals surface area contributed by atoms with Crippen LogP contribution in [0.4, 0.5) is 0 Å². The molecule has 0 aliphatic heterocycles. The minimum atomic E-state index is 0.614. The van der Waals surface area contributed by atoms with Crippen molar-refractivity contribution in [3.05, 3.63) is 35.9 Å². The molecule has 0 bridgehead atoms. The fraction of sp³-hybridized carbons (Fsp3) is 0.625. The lowest BCUT2D eigenvalue weighted by atomic mass is 9.91. The average Bonchev–Trinajstić information content (AvgIpc) is 3.24. The molecule has 1 aromatic rings. The van der Waals surface area contributed by atoms with E-state index in [1.807, 2.05) is 0 Å². The summed E-state index contributed by atoms with van der Waals surface area (Å²) in [5, 5.41) is 3.69. The zero-order valence-electron chi connectivity index (χ0n) is 10.8. The van der Waals surface area contributed by atoms with Gasteiger partial charge in [0.1, 0.15) is 0 Å².